The fourth-order valence-electron chi connectivity index (χ4n) is 1.73. The number of carbonyl (C=O) groups is 1. The van der Waals surface area contributed by atoms with E-state index in [0.717, 1.165) is 16.1 Å². The van der Waals surface area contributed by atoms with Crippen LogP contribution in [-0.2, 0) is 11.3 Å². The highest BCUT2D eigenvalue weighted by Gasteiger charge is 2.15. The van der Waals surface area contributed by atoms with Crippen molar-refractivity contribution in [3.63, 3.8) is 0 Å². The van der Waals surface area contributed by atoms with Crippen molar-refractivity contribution in [3.05, 3.63) is 47.9 Å². The van der Waals surface area contributed by atoms with Crippen molar-refractivity contribution in [2.45, 2.75) is 11.4 Å². The van der Waals surface area contributed by atoms with Crippen LogP contribution in [0, 0.1) is 0 Å². The Bertz CT molecular complexity index is 565. The van der Waals surface area contributed by atoms with Crippen molar-refractivity contribution in [3.8, 4) is 0 Å². The number of hydrogen-bond acceptors (Lipinski definition) is 5. The maximum absolute atomic E-state index is 11.5. The summed E-state index contributed by atoms with van der Waals surface area (Å²) in [6, 6.07) is 9.78. The van der Waals surface area contributed by atoms with Gasteiger partial charge >= 0.3 is 5.97 Å². The summed E-state index contributed by atoms with van der Waals surface area (Å²) in [7, 11) is 1.34. The predicted molar refractivity (Wildman–Crippen MR) is 75.6 cm³/mol. The van der Waals surface area contributed by atoms with Crippen LogP contribution in [0.5, 0.6) is 0 Å². The van der Waals surface area contributed by atoms with Gasteiger partial charge in [0.1, 0.15) is 0 Å². The van der Waals surface area contributed by atoms with Gasteiger partial charge in [0.05, 0.1) is 13.4 Å². The summed E-state index contributed by atoms with van der Waals surface area (Å²) in [4.78, 5) is 12.6. The van der Waals surface area contributed by atoms with Crippen LogP contribution in [0.4, 0.5) is 5.69 Å². The number of benzene rings is 1. The number of rotatable bonds is 5. The molecule has 5 heteroatoms. The zero-order chi connectivity index (χ0) is 13.7. The Labute approximate surface area is 116 Å². The van der Waals surface area contributed by atoms with Gasteiger partial charge in [-0.25, -0.2) is 4.79 Å². The summed E-state index contributed by atoms with van der Waals surface area (Å²) in [5.41, 5.74) is 1.81. The molecule has 0 unspecified atom stereocenters. The lowest BCUT2D eigenvalue weighted by Crippen LogP contribution is -2.07. The zero-order valence-corrected chi connectivity index (χ0v) is 11.6. The number of nitrogens with one attached hydrogen (secondary N) is 1. The Morgan fingerprint density at radius 3 is 2.89 bits per heavy atom. The maximum Gasteiger partial charge on any atom is 0.374 e. The van der Waals surface area contributed by atoms with E-state index in [1.165, 1.54) is 13.4 Å². The molecule has 1 N–H and O–H groups in total. The molecule has 0 saturated carbocycles. The summed E-state index contributed by atoms with van der Waals surface area (Å²) in [5, 5.41) is 3.30. The van der Waals surface area contributed by atoms with E-state index in [1.807, 2.05) is 30.5 Å². The van der Waals surface area contributed by atoms with E-state index in [2.05, 4.69) is 10.1 Å². The van der Waals surface area contributed by atoms with Gasteiger partial charge < -0.3 is 14.5 Å². The molecule has 0 aliphatic rings. The lowest BCUT2D eigenvalue weighted by atomic mass is 10.2. The van der Waals surface area contributed by atoms with Gasteiger partial charge in [-0.05, 0) is 24.5 Å². The van der Waals surface area contributed by atoms with E-state index >= 15 is 0 Å². The number of para-hydroxylation sites is 1. The molecule has 1 aromatic heterocycles. The van der Waals surface area contributed by atoms with E-state index in [1.54, 1.807) is 17.8 Å². The third-order valence-electron chi connectivity index (χ3n) is 2.69. The van der Waals surface area contributed by atoms with Gasteiger partial charge in [0.15, 0.2) is 0 Å². The van der Waals surface area contributed by atoms with Gasteiger partial charge in [0, 0.05) is 22.7 Å². The number of anilines is 1. The fourth-order valence-corrected chi connectivity index (χ4v) is 2.30. The topological polar surface area (TPSA) is 51.5 Å². The number of ether oxygens (including phenoxy) is 1. The van der Waals surface area contributed by atoms with Crippen molar-refractivity contribution >= 4 is 23.4 Å². The Balaban J connectivity index is 2.11. The largest absolute Gasteiger partial charge is 0.463 e. The normalized spacial score (nSPS) is 10.2. The second kappa shape index (κ2) is 6.33. The first-order valence-electron chi connectivity index (χ1n) is 5.78. The van der Waals surface area contributed by atoms with Crippen molar-refractivity contribution in [2.24, 2.45) is 0 Å². The molecule has 19 heavy (non-hydrogen) atoms. The van der Waals surface area contributed by atoms with Crippen LogP contribution in [0.15, 0.2) is 45.9 Å². The highest BCUT2D eigenvalue weighted by molar-refractivity contribution is 7.98. The van der Waals surface area contributed by atoms with Gasteiger partial charge in [0.2, 0.25) is 5.76 Å². The molecule has 4 nitrogen and oxygen atoms in total. The SMILES string of the molecule is COC(=O)c1occc1CNc1ccccc1SC. The first-order valence-corrected chi connectivity index (χ1v) is 7.00. The number of furan rings is 1. The average Bonchev–Trinajstić information content (AvgIpc) is 2.93. The summed E-state index contributed by atoms with van der Waals surface area (Å²) in [6.07, 6.45) is 3.52. The molecule has 0 spiro atoms. The van der Waals surface area contributed by atoms with Gasteiger partial charge in [-0.3, -0.25) is 0 Å². The van der Waals surface area contributed by atoms with Crippen LogP contribution in [0.1, 0.15) is 16.1 Å². The van der Waals surface area contributed by atoms with Crippen LogP contribution in [0.25, 0.3) is 0 Å². The quantitative estimate of drug-likeness (QED) is 0.670. The smallest absolute Gasteiger partial charge is 0.374 e. The van der Waals surface area contributed by atoms with E-state index in [-0.39, 0.29) is 5.76 Å². The molecular formula is C14H15NO3S. The lowest BCUT2D eigenvalue weighted by Gasteiger charge is -2.09. The summed E-state index contributed by atoms with van der Waals surface area (Å²) in [5.74, 6) is -0.211. The third-order valence-corrected chi connectivity index (χ3v) is 3.49. The second-order valence-electron chi connectivity index (χ2n) is 3.82. The van der Waals surface area contributed by atoms with Crippen LogP contribution < -0.4 is 5.32 Å². The molecule has 0 amide bonds. The van der Waals surface area contributed by atoms with E-state index in [0.29, 0.717) is 6.54 Å². The van der Waals surface area contributed by atoms with Crippen LogP contribution >= 0.6 is 11.8 Å². The molecule has 0 atom stereocenters. The molecule has 2 aromatic rings. The molecule has 100 valence electrons. The fraction of sp³-hybridized carbons (Fsp3) is 0.214. The first-order chi connectivity index (χ1) is 9.26. The summed E-state index contributed by atoms with van der Waals surface area (Å²) < 4.78 is 9.81. The van der Waals surface area contributed by atoms with Crippen molar-refractivity contribution in [1.82, 2.24) is 0 Å². The monoisotopic (exact) mass is 277 g/mol. The van der Waals surface area contributed by atoms with Gasteiger partial charge in [-0.1, -0.05) is 12.1 Å². The summed E-state index contributed by atoms with van der Waals surface area (Å²) >= 11 is 1.67. The van der Waals surface area contributed by atoms with Gasteiger partial charge in [-0.15, -0.1) is 11.8 Å². The predicted octanol–water partition coefficient (Wildman–Crippen LogP) is 3.40. The molecular weight excluding hydrogens is 262 g/mol. The molecule has 0 aliphatic carbocycles. The average molecular weight is 277 g/mol. The minimum Gasteiger partial charge on any atom is -0.463 e. The standard InChI is InChI=1S/C14H15NO3S/c1-17-14(16)13-10(7-8-18-13)9-15-11-5-3-4-6-12(11)19-2/h3-8,15H,9H2,1-2H3. The van der Waals surface area contributed by atoms with E-state index in [9.17, 15) is 4.79 Å². The molecule has 2 rings (SSSR count). The van der Waals surface area contributed by atoms with Crippen LogP contribution in [-0.4, -0.2) is 19.3 Å². The number of carbonyl (C=O) groups excluding carboxylic acids is 1. The number of esters is 1. The number of methoxy groups -OCH3 is 1. The minimum absolute atomic E-state index is 0.247. The molecule has 0 aliphatic heterocycles. The molecule has 0 fully saturated rings. The number of hydrogen-bond donors (Lipinski definition) is 1. The maximum atomic E-state index is 11.5. The Kier molecular flexibility index (Phi) is 4.52. The van der Waals surface area contributed by atoms with Crippen molar-refractivity contribution in [2.75, 3.05) is 18.7 Å². The highest BCUT2D eigenvalue weighted by atomic mass is 32.2. The van der Waals surface area contributed by atoms with E-state index in [4.69, 9.17) is 4.42 Å². The summed E-state index contributed by atoms with van der Waals surface area (Å²) in [6.45, 7) is 0.512. The minimum atomic E-state index is -0.458. The highest BCUT2D eigenvalue weighted by Crippen LogP contribution is 2.25. The van der Waals surface area contributed by atoms with Crippen LogP contribution in [0.3, 0.4) is 0 Å². The van der Waals surface area contributed by atoms with Crippen molar-refractivity contribution in [1.29, 1.82) is 0 Å². The third kappa shape index (κ3) is 3.12. The molecule has 1 heterocycles. The Hall–Kier alpha value is -1.88. The number of thioether (sulfide) groups is 1. The Morgan fingerprint density at radius 2 is 2.16 bits per heavy atom. The first kappa shape index (κ1) is 13.5. The van der Waals surface area contributed by atoms with Gasteiger partial charge in [-0.2, -0.15) is 0 Å². The molecule has 0 bridgehead atoms. The van der Waals surface area contributed by atoms with Crippen molar-refractivity contribution < 1.29 is 13.9 Å². The van der Waals surface area contributed by atoms with Gasteiger partial charge in [0.25, 0.3) is 0 Å². The zero-order valence-electron chi connectivity index (χ0n) is 10.8. The van der Waals surface area contributed by atoms with E-state index < -0.39 is 5.97 Å². The second-order valence-corrected chi connectivity index (χ2v) is 4.67. The van der Waals surface area contributed by atoms with Crippen LogP contribution in [0.2, 0.25) is 0 Å². The molecule has 0 saturated heterocycles. The molecule has 0 radical (unpaired) electrons. The molecule has 1 aromatic carbocycles. The lowest BCUT2D eigenvalue weighted by molar-refractivity contribution is 0.0563. The Morgan fingerprint density at radius 1 is 1.37 bits per heavy atom.